The zero-order valence-corrected chi connectivity index (χ0v) is 8.95. The van der Waals surface area contributed by atoms with E-state index in [4.69, 9.17) is 11.5 Å². The largest absolute Gasteiger partial charge is 0.370 e. The van der Waals surface area contributed by atoms with E-state index >= 15 is 0 Å². The molecule has 4 heteroatoms. The van der Waals surface area contributed by atoms with Crippen LogP contribution in [0.3, 0.4) is 0 Å². The smallest absolute Gasteiger partial charge is 0.217 e. The third-order valence-electron chi connectivity index (χ3n) is 2.64. The predicted octanol–water partition coefficient (Wildman–Crippen LogP) is 0.790. The quantitative estimate of drug-likeness (QED) is 0.636. The molecule has 0 saturated heterocycles. The van der Waals surface area contributed by atoms with E-state index in [1.54, 1.807) is 0 Å². The van der Waals surface area contributed by atoms with Gasteiger partial charge in [0, 0.05) is 12.8 Å². The van der Waals surface area contributed by atoms with Crippen LogP contribution in [0.4, 0.5) is 0 Å². The van der Waals surface area contributed by atoms with Crippen LogP contribution in [-0.2, 0) is 9.59 Å². The molecular formula is C10H20N2O2. The highest BCUT2D eigenvalue weighted by Crippen LogP contribution is 2.25. The Kier molecular flexibility index (Phi) is 5.92. The molecule has 0 bridgehead atoms. The van der Waals surface area contributed by atoms with Gasteiger partial charge in [0.25, 0.3) is 0 Å². The van der Waals surface area contributed by atoms with E-state index in [1.165, 1.54) is 0 Å². The van der Waals surface area contributed by atoms with E-state index in [9.17, 15) is 9.59 Å². The second-order valence-electron chi connectivity index (χ2n) is 3.68. The van der Waals surface area contributed by atoms with Gasteiger partial charge in [0.05, 0.1) is 0 Å². The van der Waals surface area contributed by atoms with Crippen LogP contribution >= 0.6 is 0 Å². The SMILES string of the molecule is CCC(CC(N)=O)C(CC)CC(N)=O. The average molecular weight is 200 g/mol. The summed E-state index contributed by atoms with van der Waals surface area (Å²) in [5, 5.41) is 0. The van der Waals surface area contributed by atoms with Crippen molar-refractivity contribution in [2.45, 2.75) is 39.5 Å². The van der Waals surface area contributed by atoms with Crippen LogP contribution in [0.25, 0.3) is 0 Å². The Bertz CT molecular complexity index is 182. The van der Waals surface area contributed by atoms with Gasteiger partial charge >= 0.3 is 0 Å². The normalized spacial score (nSPS) is 14.7. The predicted molar refractivity (Wildman–Crippen MR) is 55.2 cm³/mol. The summed E-state index contributed by atoms with van der Waals surface area (Å²) >= 11 is 0. The first-order chi connectivity index (χ1) is 6.51. The number of amides is 2. The van der Waals surface area contributed by atoms with Gasteiger partial charge < -0.3 is 11.5 Å². The van der Waals surface area contributed by atoms with Gasteiger partial charge in [-0.15, -0.1) is 0 Å². The van der Waals surface area contributed by atoms with Crippen molar-refractivity contribution in [2.24, 2.45) is 23.3 Å². The molecule has 2 amide bonds. The van der Waals surface area contributed by atoms with Gasteiger partial charge in [-0.25, -0.2) is 0 Å². The summed E-state index contributed by atoms with van der Waals surface area (Å²) in [6.07, 6.45) is 2.41. The van der Waals surface area contributed by atoms with Crippen molar-refractivity contribution in [3.05, 3.63) is 0 Å². The number of hydrogen-bond acceptors (Lipinski definition) is 2. The van der Waals surface area contributed by atoms with Gasteiger partial charge in [-0.1, -0.05) is 26.7 Å². The Hall–Kier alpha value is -1.06. The number of nitrogens with two attached hydrogens (primary N) is 2. The standard InChI is InChI=1S/C10H20N2O2/c1-3-7(5-9(11)13)8(4-2)6-10(12)14/h7-8H,3-6H2,1-2H3,(H2,11,13)(H2,12,14). The maximum absolute atomic E-state index is 10.8. The van der Waals surface area contributed by atoms with E-state index in [-0.39, 0.29) is 23.7 Å². The maximum atomic E-state index is 10.8. The van der Waals surface area contributed by atoms with Gasteiger partial charge in [0.15, 0.2) is 0 Å². The highest BCUT2D eigenvalue weighted by Gasteiger charge is 2.21. The Balaban J connectivity index is 4.28. The zero-order chi connectivity index (χ0) is 11.1. The lowest BCUT2D eigenvalue weighted by Crippen LogP contribution is -2.26. The second kappa shape index (κ2) is 6.40. The number of primary amides is 2. The molecule has 0 aromatic carbocycles. The lowest BCUT2D eigenvalue weighted by molar-refractivity contribution is -0.122. The van der Waals surface area contributed by atoms with Crippen LogP contribution in [0, 0.1) is 11.8 Å². The molecule has 0 aliphatic heterocycles. The summed E-state index contributed by atoms with van der Waals surface area (Å²) in [5.41, 5.74) is 10.3. The Morgan fingerprint density at radius 2 is 1.21 bits per heavy atom. The molecule has 2 unspecified atom stereocenters. The van der Waals surface area contributed by atoms with Crippen molar-refractivity contribution < 1.29 is 9.59 Å². The molecule has 0 spiro atoms. The fourth-order valence-corrected chi connectivity index (χ4v) is 1.81. The summed E-state index contributed by atoms with van der Waals surface area (Å²) in [6.45, 7) is 3.99. The molecule has 4 N–H and O–H groups in total. The second-order valence-corrected chi connectivity index (χ2v) is 3.68. The molecule has 0 heterocycles. The summed E-state index contributed by atoms with van der Waals surface area (Å²) in [5.74, 6) is -0.241. The van der Waals surface area contributed by atoms with Crippen LogP contribution in [0.5, 0.6) is 0 Å². The van der Waals surface area contributed by atoms with Crippen molar-refractivity contribution in [1.29, 1.82) is 0 Å². The Morgan fingerprint density at radius 3 is 1.36 bits per heavy atom. The molecule has 0 aromatic rings. The van der Waals surface area contributed by atoms with Gasteiger partial charge in [-0.3, -0.25) is 9.59 Å². The Morgan fingerprint density at radius 1 is 0.929 bits per heavy atom. The van der Waals surface area contributed by atoms with Gasteiger partial charge in [0.1, 0.15) is 0 Å². The topological polar surface area (TPSA) is 86.2 Å². The first-order valence-corrected chi connectivity index (χ1v) is 5.07. The maximum Gasteiger partial charge on any atom is 0.217 e. The molecule has 4 nitrogen and oxygen atoms in total. The van der Waals surface area contributed by atoms with Crippen LogP contribution in [-0.4, -0.2) is 11.8 Å². The third kappa shape index (κ3) is 4.84. The van der Waals surface area contributed by atoms with E-state index < -0.39 is 0 Å². The van der Waals surface area contributed by atoms with Crippen molar-refractivity contribution >= 4 is 11.8 Å². The molecular weight excluding hydrogens is 180 g/mol. The lowest BCUT2D eigenvalue weighted by Gasteiger charge is -2.22. The molecule has 14 heavy (non-hydrogen) atoms. The van der Waals surface area contributed by atoms with Crippen LogP contribution in [0.2, 0.25) is 0 Å². The van der Waals surface area contributed by atoms with Crippen molar-refractivity contribution in [2.75, 3.05) is 0 Å². The summed E-state index contributed by atoms with van der Waals surface area (Å²) in [6, 6.07) is 0. The number of hydrogen-bond donors (Lipinski definition) is 2. The monoisotopic (exact) mass is 200 g/mol. The summed E-state index contributed by atoms with van der Waals surface area (Å²) in [7, 11) is 0. The van der Waals surface area contributed by atoms with Crippen LogP contribution < -0.4 is 11.5 Å². The molecule has 82 valence electrons. The van der Waals surface area contributed by atoms with E-state index in [1.807, 2.05) is 13.8 Å². The fourth-order valence-electron chi connectivity index (χ4n) is 1.81. The number of carbonyl (C=O) groups is 2. The van der Waals surface area contributed by atoms with Crippen molar-refractivity contribution in [1.82, 2.24) is 0 Å². The molecule has 2 atom stereocenters. The highest BCUT2D eigenvalue weighted by atomic mass is 16.1. The molecule has 0 aliphatic carbocycles. The first kappa shape index (κ1) is 12.9. The number of carbonyl (C=O) groups excluding carboxylic acids is 2. The first-order valence-electron chi connectivity index (χ1n) is 5.07. The fraction of sp³-hybridized carbons (Fsp3) is 0.800. The van der Waals surface area contributed by atoms with Crippen LogP contribution in [0.1, 0.15) is 39.5 Å². The number of rotatable bonds is 7. The van der Waals surface area contributed by atoms with Crippen molar-refractivity contribution in [3.8, 4) is 0 Å². The molecule has 0 aromatic heterocycles. The van der Waals surface area contributed by atoms with Gasteiger partial charge in [0.2, 0.25) is 11.8 Å². The lowest BCUT2D eigenvalue weighted by atomic mass is 9.83. The minimum atomic E-state index is -0.306. The molecule has 0 saturated carbocycles. The average Bonchev–Trinajstić information content (AvgIpc) is 2.10. The Labute approximate surface area is 85.0 Å². The molecule has 0 rings (SSSR count). The van der Waals surface area contributed by atoms with Crippen LogP contribution in [0.15, 0.2) is 0 Å². The third-order valence-corrected chi connectivity index (χ3v) is 2.64. The van der Waals surface area contributed by atoms with E-state index in [0.717, 1.165) is 12.8 Å². The van der Waals surface area contributed by atoms with E-state index in [2.05, 4.69) is 0 Å². The zero-order valence-electron chi connectivity index (χ0n) is 8.95. The van der Waals surface area contributed by atoms with E-state index in [0.29, 0.717) is 12.8 Å². The summed E-state index contributed by atoms with van der Waals surface area (Å²) < 4.78 is 0. The highest BCUT2D eigenvalue weighted by molar-refractivity contribution is 5.75. The molecule has 0 radical (unpaired) electrons. The molecule has 0 fully saturated rings. The van der Waals surface area contributed by atoms with Gasteiger partial charge in [-0.05, 0) is 11.8 Å². The molecule has 0 aliphatic rings. The minimum absolute atomic E-state index is 0.185. The minimum Gasteiger partial charge on any atom is -0.370 e. The summed E-state index contributed by atoms with van der Waals surface area (Å²) in [4.78, 5) is 21.6. The van der Waals surface area contributed by atoms with Gasteiger partial charge in [-0.2, -0.15) is 0 Å². The van der Waals surface area contributed by atoms with Crippen molar-refractivity contribution in [3.63, 3.8) is 0 Å².